The van der Waals surface area contributed by atoms with E-state index in [0.717, 1.165) is 53.7 Å². The van der Waals surface area contributed by atoms with Crippen molar-refractivity contribution in [1.82, 2.24) is 10.3 Å². The van der Waals surface area contributed by atoms with Crippen molar-refractivity contribution in [2.75, 3.05) is 13.1 Å². The maximum Gasteiger partial charge on any atom is 0.192 e. The maximum atomic E-state index is 10.6. The molecule has 0 spiro atoms. The lowest BCUT2D eigenvalue weighted by atomic mass is 9.89. The number of oxazole rings is 1. The summed E-state index contributed by atoms with van der Waals surface area (Å²) in [5, 5.41) is 14.0. The van der Waals surface area contributed by atoms with Crippen molar-refractivity contribution in [2.45, 2.75) is 25.9 Å². The minimum atomic E-state index is -0.396. The van der Waals surface area contributed by atoms with Gasteiger partial charge in [-0.15, -0.1) is 0 Å². The Hall–Kier alpha value is -2.17. The van der Waals surface area contributed by atoms with E-state index in [-0.39, 0.29) is 0 Å². The van der Waals surface area contributed by atoms with Crippen LogP contribution in [0.2, 0.25) is 0 Å². The van der Waals surface area contributed by atoms with Crippen LogP contribution in [0.5, 0.6) is 0 Å². The van der Waals surface area contributed by atoms with Crippen molar-refractivity contribution in [3.63, 3.8) is 0 Å². The van der Waals surface area contributed by atoms with Gasteiger partial charge >= 0.3 is 0 Å². The van der Waals surface area contributed by atoms with Crippen molar-refractivity contribution in [3.8, 4) is 11.1 Å². The molecule has 1 aromatic heterocycles. The van der Waals surface area contributed by atoms with Gasteiger partial charge in [0.2, 0.25) is 0 Å². The zero-order valence-electron chi connectivity index (χ0n) is 13.8. The molecule has 0 bridgehead atoms. The van der Waals surface area contributed by atoms with Gasteiger partial charge in [0.15, 0.2) is 11.5 Å². The Bertz CT molecular complexity index is 832. The quantitative estimate of drug-likeness (QED) is 0.769. The third-order valence-electron chi connectivity index (χ3n) is 4.86. The molecule has 3 aromatic rings. The van der Waals surface area contributed by atoms with Crippen LogP contribution in [0.1, 0.15) is 30.4 Å². The lowest BCUT2D eigenvalue weighted by molar-refractivity contribution is 0.0922. The highest BCUT2D eigenvalue weighted by Crippen LogP contribution is 2.30. The number of aliphatic hydroxyl groups is 1. The van der Waals surface area contributed by atoms with Gasteiger partial charge in [-0.2, -0.15) is 0 Å². The molecule has 2 heterocycles. The Morgan fingerprint density at radius 3 is 2.71 bits per heavy atom. The van der Waals surface area contributed by atoms with Crippen LogP contribution in [0.15, 0.2) is 46.9 Å². The first-order valence-electron chi connectivity index (χ1n) is 8.57. The fourth-order valence-corrected chi connectivity index (χ4v) is 3.52. The molecule has 4 rings (SSSR count). The largest absolute Gasteiger partial charge is 0.441 e. The number of fused-ring (bicyclic) bond motifs is 1. The summed E-state index contributed by atoms with van der Waals surface area (Å²) >= 11 is 0. The van der Waals surface area contributed by atoms with Crippen LogP contribution < -0.4 is 5.32 Å². The van der Waals surface area contributed by atoms with Crippen molar-refractivity contribution >= 4 is 11.1 Å². The predicted molar refractivity (Wildman–Crippen MR) is 94.7 cm³/mol. The highest BCUT2D eigenvalue weighted by Gasteiger charge is 2.22. The SMILES string of the molecule is Cc1nc2cc(-c3ccc(C(O)C4CCCNC4)cc3)ccc2o1. The van der Waals surface area contributed by atoms with E-state index < -0.39 is 6.10 Å². The Morgan fingerprint density at radius 2 is 1.96 bits per heavy atom. The van der Waals surface area contributed by atoms with Gasteiger partial charge in [0, 0.05) is 19.4 Å². The second-order valence-electron chi connectivity index (χ2n) is 6.59. The maximum absolute atomic E-state index is 10.6. The van der Waals surface area contributed by atoms with Crippen LogP contribution in [0, 0.1) is 12.8 Å². The van der Waals surface area contributed by atoms with Gasteiger partial charge in [-0.1, -0.05) is 30.3 Å². The van der Waals surface area contributed by atoms with Crippen molar-refractivity contribution in [2.24, 2.45) is 5.92 Å². The van der Waals surface area contributed by atoms with E-state index in [1.165, 1.54) is 0 Å². The molecule has 0 saturated carbocycles. The molecule has 1 aliphatic rings. The summed E-state index contributed by atoms with van der Waals surface area (Å²) in [6.45, 7) is 3.81. The molecule has 2 atom stereocenters. The molecule has 1 fully saturated rings. The van der Waals surface area contributed by atoms with Gasteiger partial charge in [-0.25, -0.2) is 4.98 Å². The number of rotatable bonds is 3. The number of aryl methyl sites for hydroxylation is 1. The van der Waals surface area contributed by atoms with E-state index in [1.54, 1.807) is 0 Å². The first-order valence-corrected chi connectivity index (χ1v) is 8.57. The molecule has 0 radical (unpaired) electrons. The topological polar surface area (TPSA) is 58.3 Å². The van der Waals surface area contributed by atoms with E-state index in [4.69, 9.17) is 4.42 Å². The number of hydrogen-bond donors (Lipinski definition) is 2. The summed E-state index contributed by atoms with van der Waals surface area (Å²) in [4.78, 5) is 4.39. The predicted octanol–water partition coefficient (Wildman–Crippen LogP) is 3.84. The third-order valence-corrected chi connectivity index (χ3v) is 4.86. The Kier molecular flexibility index (Phi) is 4.08. The molecule has 2 unspecified atom stereocenters. The van der Waals surface area contributed by atoms with E-state index in [0.29, 0.717) is 11.8 Å². The molecule has 4 heteroatoms. The monoisotopic (exact) mass is 322 g/mol. The fourth-order valence-electron chi connectivity index (χ4n) is 3.52. The normalized spacial score (nSPS) is 19.5. The number of piperidine rings is 1. The van der Waals surface area contributed by atoms with Crippen LogP contribution in [-0.2, 0) is 0 Å². The summed E-state index contributed by atoms with van der Waals surface area (Å²) in [7, 11) is 0. The van der Waals surface area contributed by atoms with E-state index >= 15 is 0 Å². The van der Waals surface area contributed by atoms with Crippen LogP contribution >= 0.6 is 0 Å². The second kappa shape index (κ2) is 6.38. The number of hydrogen-bond acceptors (Lipinski definition) is 4. The molecule has 2 N–H and O–H groups in total. The Morgan fingerprint density at radius 1 is 1.17 bits per heavy atom. The van der Waals surface area contributed by atoms with Crippen LogP contribution in [0.3, 0.4) is 0 Å². The van der Waals surface area contributed by atoms with Gasteiger partial charge in [-0.3, -0.25) is 0 Å². The molecule has 4 nitrogen and oxygen atoms in total. The third kappa shape index (κ3) is 2.95. The number of aromatic nitrogens is 1. The molecule has 0 aliphatic carbocycles. The van der Waals surface area contributed by atoms with Crippen LogP contribution in [0.25, 0.3) is 22.2 Å². The number of nitrogens with zero attached hydrogens (tertiary/aromatic N) is 1. The van der Waals surface area contributed by atoms with Crippen LogP contribution in [0.4, 0.5) is 0 Å². The highest BCUT2D eigenvalue weighted by molar-refractivity contribution is 5.80. The molecule has 1 saturated heterocycles. The van der Waals surface area contributed by atoms with Crippen molar-refractivity contribution in [1.29, 1.82) is 0 Å². The summed E-state index contributed by atoms with van der Waals surface area (Å²) in [6, 6.07) is 14.3. The summed E-state index contributed by atoms with van der Waals surface area (Å²) in [6.07, 6.45) is 1.82. The van der Waals surface area contributed by atoms with Crippen molar-refractivity contribution < 1.29 is 9.52 Å². The average molecular weight is 322 g/mol. The van der Waals surface area contributed by atoms with E-state index in [2.05, 4.69) is 22.4 Å². The van der Waals surface area contributed by atoms with E-state index in [1.807, 2.05) is 37.3 Å². The highest BCUT2D eigenvalue weighted by atomic mass is 16.3. The average Bonchev–Trinajstić information content (AvgIpc) is 3.01. The van der Waals surface area contributed by atoms with Gasteiger partial charge in [0.05, 0.1) is 6.10 Å². The zero-order valence-corrected chi connectivity index (χ0v) is 13.8. The summed E-state index contributed by atoms with van der Waals surface area (Å²) < 4.78 is 5.53. The van der Waals surface area contributed by atoms with Crippen molar-refractivity contribution in [3.05, 3.63) is 53.9 Å². The number of aliphatic hydroxyl groups excluding tert-OH is 1. The Balaban J connectivity index is 1.57. The molecule has 1 aliphatic heterocycles. The standard InChI is InChI=1S/C20H22N2O2/c1-13-22-18-11-16(8-9-19(18)24-13)14-4-6-15(7-5-14)20(23)17-3-2-10-21-12-17/h4-9,11,17,20-21,23H,2-3,10,12H2,1H3. The smallest absolute Gasteiger partial charge is 0.192 e. The first-order chi connectivity index (χ1) is 11.7. The molecule has 124 valence electrons. The summed E-state index contributed by atoms with van der Waals surface area (Å²) in [5.41, 5.74) is 4.91. The molecule has 0 amide bonds. The van der Waals surface area contributed by atoms with Gasteiger partial charge in [-0.05, 0) is 48.2 Å². The minimum absolute atomic E-state index is 0.305. The van der Waals surface area contributed by atoms with Gasteiger partial charge in [0.25, 0.3) is 0 Å². The molecular formula is C20H22N2O2. The van der Waals surface area contributed by atoms with E-state index in [9.17, 15) is 5.11 Å². The van der Waals surface area contributed by atoms with Gasteiger partial charge in [0.1, 0.15) is 5.52 Å². The van der Waals surface area contributed by atoms with Gasteiger partial charge < -0.3 is 14.8 Å². The molecular weight excluding hydrogens is 300 g/mol. The fraction of sp³-hybridized carbons (Fsp3) is 0.350. The molecule has 2 aromatic carbocycles. The number of benzene rings is 2. The Labute approximate surface area is 141 Å². The van der Waals surface area contributed by atoms with Crippen LogP contribution in [-0.4, -0.2) is 23.2 Å². The zero-order chi connectivity index (χ0) is 16.5. The second-order valence-corrected chi connectivity index (χ2v) is 6.59. The lowest BCUT2D eigenvalue weighted by Crippen LogP contribution is -2.33. The minimum Gasteiger partial charge on any atom is -0.441 e. The lowest BCUT2D eigenvalue weighted by Gasteiger charge is -2.27. The molecule has 24 heavy (non-hydrogen) atoms. The summed E-state index contributed by atoms with van der Waals surface area (Å²) in [5.74, 6) is 0.987. The first kappa shape index (κ1) is 15.4. The number of nitrogens with one attached hydrogen (secondary N) is 1.